The Labute approximate surface area is 135 Å². The molecule has 0 saturated carbocycles. The predicted octanol–water partition coefficient (Wildman–Crippen LogP) is 1.43. The summed E-state index contributed by atoms with van der Waals surface area (Å²) in [5.74, 6) is 1.70. The Balaban J connectivity index is 1.61. The number of nitrogens with one attached hydrogen (secondary N) is 1. The highest BCUT2D eigenvalue weighted by Crippen LogP contribution is 2.28. The van der Waals surface area contributed by atoms with E-state index in [2.05, 4.69) is 10.3 Å². The second-order valence-electron chi connectivity index (χ2n) is 4.78. The van der Waals surface area contributed by atoms with Crippen LogP contribution < -0.4 is 10.9 Å². The third kappa shape index (κ3) is 3.22. The molecule has 0 bridgehead atoms. The smallest absolute Gasteiger partial charge is 0.267 e. The molecule has 1 N–H and O–H groups in total. The van der Waals surface area contributed by atoms with Crippen molar-refractivity contribution in [2.45, 2.75) is 23.0 Å². The molecule has 1 aliphatic rings. The van der Waals surface area contributed by atoms with Gasteiger partial charge in [-0.15, -0.1) is 11.8 Å². The number of furan rings is 1. The van der Waals surface area contributed by atoms with Gasteiger partial charge in [-0.2, -0.15) is 0 Å². The largest absolute Gasteiger partial charge is 0.467 e. The Kier molecular flexibility index (Phi) is 4.58. The van der Waals surface area contributed by atoms with E-state index in [0.29, 0.717) is 17.5 Å². The molecule has 3 rings (SSSR count). The topological polar surface area (TPSA) is 77.1 Å². The van der Waals surface area contributed by atoms with Crippen LogP contribution >= 0.6 is 23.5 Å². The molecule has 6 nitrogen and oxygen atoms in total. The van der Waals surface area contributed by atoms with Gasteiger partial charge in [-0.1, -0.05) is 11.8 Å². The number of thioether (sulfide) groups is 2. The SMILES string of the molecule is Cn1c(SCC(=O)NCc2ccco2)nc2c(c1=O)SCC2. The number of fused-ring (bicyclic) bond motifs is 1. The second-order valence-corrected chi connectivity index (χ2v) is 6.83. The van der Waals surface area contributed by atoms with Gasteiger partial charge in [0.2, 0.25) is 5.91 Å². The minimum Gasteiger partial charge on any atom is -0.467 e. The Morgan fingerprint density at radius 2 is 2.45 bits per heavy atom. The van der Waals surface area contributed by atoms with Crippen LogP contribution in [0, 0.1) is 0 Å². The average Bonchev–Trinajstić information content (AvgIpc) is 3.18. The summed E-state index contributed by atoms with van der Waals surface area (Å²) in [7, 11) is 1.69. The summed E-state index contributed by atoms with van der Waals surface area (Å²) in [5, 5.41) is 3.35. The summed E-state index contributed by atoms with van der Waals surface area (Å²) in [6.07, 6.45) is 2.38. The minimum atomic E-state index is -0.120. The van der Waals surface area contributed by atoms with E-state index in [1.54, 1.807) is 37.2 Å². The first kappa shape index (κ1) is 15.2. The zero-order valence-corrected chi connectivity index (χ0v) is 13.6. The third-order valence-electron chi connectivity index (χ3n) is 3.24. The number of rotatable bonds is 5. The van der Waals surface area contributed by atoms with E-state index in [1.165, 1.54) is 16.3 Å². The molecule has 116 valence electrons. The fourth-order valence-electron chi connectivity index (χ4n) is 2.08. The van der Waals surface area contributed by atoms with Gasteiger partial charge >= 0.3 is 0 Å². The van der Waals surface area contributed by atoms with Crippen LogP contribution in [0.2, 0.25) is 0 Å². The van der Waals surface area contributed by atoms with Gasteiger partial charge in [-0.05, 0) is 12.1 Å². The molecule has 0 aliphatic carbocycles. The fraction of sp³-hybridized carbons (Fsp3) is 0.357. The van der Waals surface area contributed by atoms with Gasteiger partial charge in [0.25, 0.3) is 5.56 Å². The summed E-state index contributed by atoms with van der Waals surface area (Å²) in [6.45, 7) is 0.361. The molecule has 1 amide bonds. The Morgan fingerprint density at radius 1 is 1.59 bits per heavy atom. The molecular formula is C14H15N3O3S2. The molecule has 0 radical (unpaired) electrons. The van der Waals surface area contributed by atoms with Crippen LogP contribution in [0.25, 0.3) is 0 Å². The van der Waals surface area contributed by atoms with Crippen LogP contribution in [0.15, 0.2) is 37.7 Å². The van der Waals surface area contributed by atoms with E-state index in [1.807, 2.05) is 0 Å². The van der Waals surface area contributed by atoms with Crippen molar-refractivity contribution in [2.24, 2.45) is 7.05 Å². The average molecular weight is 337 g/mol. The molecule has 22 heavy (non-hydrogen) atoms. The van der Waals surface area contributed by atoms with Gasteiger partial charge < -0.3 is 9.73 Å². The molecule has 2 aromatic rings. The summed E-state index contributed by atoms with van der Waals surface area (Å²) in [4.78, 5) is 29.3. The zero-order chi connectivity index (χ0) is 15.5. The molecule has 0 fully saturated rings. The molecule has 2 aromatic heterocycles. The van der Waals surface area contributed by atoms with Crippen LogP contribution in [0.5, 0.6) is 0 Å². The first-order valence-corrected chi connectivity index (χ1v) is 8.77. The van der Waals surface area contributed by atoms with E-state index >= 15 is 0 Å². The van der Waals surface area contributed by atoms with E-state index in [0.717, 1.165) is 22.8 Å². The number of hydrogen-bond acceptors (Lipinski definition) is 6. The van der Waals surface area contributed by atoms with Crippen LogP contribution in [-0.4, -0.2) is 27.0 Å². The number of carbonyl (C=O) groups is 1. The van der Waals surface area contributed by atoms with Crippen molar-refractivity contribution in [1.29, 1.82) is 0 Å². The van der Waals surface area contributed by atoms with Crippen molar-refractivity contribution < 1.29 is 9.21 Å². The van der Waals surface area contributed by atoms with Crippen molar-refractivity contribution in [2.75, 3.05) is 11.5 Å². The molecular weight excluding hydrogens is 322 g/mol. The van der Waals surface area contributed by atoms with E-state index in [-0.39, 0.29) is 17.2 Å². The lowest BCUT2D eigenvalue weighted by atomic mass is 10.3. The van der Waals surface area contributed by atoms with Crippen LogP contribution in [0.4, 0.5) is 0 Å². The molecule has 3 heterocycles. The quantitative estimate of drug-likeness (QED) is 0.657. The number of carbonyl (C=O) groups excluding carboxylic acids is 1. The van der Waals surface area contributed by atoms with E-state index in [4.69, 9.17) is 4.42 Å². The number of nitrogens with zero attached hydrogens (tertiary/aromatic N) is 2. The highest BCUT2D eigenvalue weighted by Gasteiger charge is 2.20. The highest BCUT2D eigenvalue weighted by atomic mass is 32.2. The summed E-state index contributed by atoms with van der Waals surface area (Å²) in [6, 6.07) is 3.58. The first-order chi connectivity index (χ1) is 10.6. The van der Waals surface area contributed by atoms with Crippen molar-refractivity contribution in [3.05, 3.63) is 40.2 Å². The normalized spacial score (nSPS) is 13.1. The van der Waals surface area contributed by atoms with Crippen molar-refractivity contribution >= 4 is 29.4 Å². The maximum atomic E-state index is 12.2. The summed E-state index contributed by atoms with van der Waals surface area (Å²) < 4.78 is 6.67. The maximum Gasteiger partial charge on any atom is 0.267 e. The lowest BCUT2D eigenvalue weighted by Gasteiger charge is -2.09. The number of hydrogen-bond donors (Lipinski definition) is 1. The standard InChI is InChI=1S/C14H15N3O3S2/c1-17-13(19)12-10(4-6-21-12)16-14(17)22-8-11(18)15-7-9-3-2-5-20-9/h2-3,5H,4,6-8H2,1H3,(H,15,18). The number of aryl methyl sites for hydroxylation is 1. The fourth-order valence-corrected chi connectivity index (χ4v) is 3.96. The predicted molar refractivity (Wildman–Crippen MR) is 85.2 cm³/mol. The summed E-state index contributed by atoms with van der Waals surface area (Å²) in [5.41, 5.74) is 0.831. The highest BCUT2D eigenvalue weighted by molar-refractivity contribution is 8.00. The third-order valence-corrected chi connectivity index (χ3v) is 5.37. The van der Waals surface area contributed by atoms with Crippen molar-refractivity contribution in [3.8, 4) is 0 Å². The Hall–Kier alpha value is -1.67. The molecule has 0 unspecified atom stereocenters. The van der Waals surface area contributed by atoms with E-state index < -0.39 is 0 Å². The van der Waals surface area contributed by atoms with Crippen LogP contribution in [0.3, 0.4) is 0 Å². The molecule has 1 aliphatic heterocycles. The van der Waals surface area contributed by atoms with Gasteiger partial charge in [-0.25, -0.2) is 4.98 Å². The molecule has 0 atom stereocenters. The number of amides is 1. The first-order valence-electron chi connectivity index (χ1n) is 6.79. The minimum absolute atomic E-state index is 0.0222. The van der Waals surface area contributed by atoms with E-state index in [9.17, 15) is 9.59 Å². The number of aromatic nitrogens is 2. The molecule has 0 aromatic carbocycles. The van der Waals surface area contributed by atoms with Crippen LogP contribution in [0.1, 0.15) is 11.5 Å². The molecule has 0 spiro atoms. The molecule has 8 heteroatoms. The van der Waals surface area contributed by atoms with Gasteiger partial charge in [0.05, 0.1) is 29.2 Å². The van der Waals surface area contributed by atoms with Gasteiger partial charge in [0.1, 0.15) is 5.76 Å². The Bertz CT molecular complexity index is 741. The monoisotopic (exact) mass is 337 g/mol. The van der Waals surface area contributed by atoms with Gasteiger partial charge in [0.15, 0.2) is 5.16 Å². The lowest BCUT2D eigenvalue weighted by Crippen LogP contribution is -2.26. The second kappa shape index (κ2) is 6.62. The zero-order valence-electron chi connectivity index (χ0n) is 12.0. The van der Waals surface area contributed by atoms with Crippen molar-refractivity contribution in [3.63, 3.8) is 0 Å². The summed E-state index contributed by atoms with van der Waals surface area (Å²) >= 11 is 2.83. The maximum absolute atomic E-state index is 12.2. The van der Waals surface area contributed by atoms with Gasteiger partial charge in [-0.3, -0.25) is 14.2 Å². The molecule has 0 saturated heterocycles. The van der Waals surface area contributed by atoms with Crippen molar-refractivity contribution in [1.82, 2.24) is 14.9 Å². The lowest BCUT2D eigenvalue weighted by molar-refractivity contribution is -0.118. The van der Waals surface area contributed by atoms with Crippen LogP contribution in [-0.2, 0) is 24.8 Å². The van der Waals surface area contributed by atoms with Gasteiger partial charge in [0, 0.05) is 19.2 Å². The Morgan fingerprint density at radius 3 is 3.23 bits per heavy atom.